The van der Waals surface area contributed by atoms with Crippen LogP contribution >= 0.6 is 0 Å². The van der Waals surface area contributed by atoms with Crippen molar-refractivity contribution in [1.29, 1.82) is 5.26 Å². The van der Waals surface area contributed by atoms with Crippen LogP contribution in [0.5, 0.6) is 0 Å². The van der Waals surface area contributed by atoms with E-state index in [9.17, 15) is 10.4 Å². The molecule has 0 aromatic carbocycles. The van der Waals surface area contributed by atoms with Crippen molar-refractivity contribution in [3.8, 4) is 6.07 Å². The van der Waals surface area contributed by atoms with E-state index in [4.69, 9.17) is 14.2 Å². The third-order valence-electron chi connectivity index (χ3n) is 5.00. The van der Waals surface area contributed by atoms with Gasteiger partial charge in [-0.3, -0.25) is 0 Å². The Morgan fingerprint density at radius 1 is 0.947 bits per heavy atom. The maximum atomic E-state index is 11.0. The molecule has 0 amide bonds. The summed E-state index contributed by atoms with van der Waals surface area (Å²) in [5.41, 5.74) is -1.73. The highest BCUT2D eigenvalue weighted by atomic mass is 16.7. The fourth-order valence-corrected chi connectivity index (χ4v) is 3.66. The highest BCUT2D eigenvalue weighted by Crippen LogP contribution is 2.50. The molecule has 0 bridgehead atoms. The number of nitriles is 1. The predicted octanol–water partition coefficient (Wildman–Crippen LogP) is 1.35. The van der Waals surface area contributed by atoms with Crippen molar-refractivity contribution < 1.29 is 19.3 Å². The van der Waals surface area contributed by atoms with Crippen LogP contribution in [0.15, 0.2) is 0 Å². The first-order valence-corrected chi connectivity index (χ1v) is 7.13. The number of hydrogen-bond donors (Lipinski definition) is 1. The number of hydrogen-bond acceptors (Lipinski definition) is 5. The highest BCUT2D eigenvalue weighted by Gasteiger charge is 2.56. The van der Waals surface area contributed by atoms with Crippen molar-refractivity contribution in [3.05, 3.63) is 0 Å². The van der Waals surface area contributed by atoms with E-state index in [1.54, 1.807) is 0 Å². The summed E-state index contributed by atoms with van der Waals surface area (Å²) in [6.45, 7) is 2.29. The normalized spacial score (nSPS) is 37.1. The zero-order chi connectivity index (χ0) is 13.4. The van der Waals surface area contributed by atoms with Crippen LogP contribution in [-0.2, 0) is 14.2 Å². The Kier molecular flexibility index (Phi) is 3.30. The molecule has 5 nitrogen and oxygen atoms in total. The molecule has 19 heavy (non-hydrogen) atoms. The summed E-state index contributed by atoms with van der Waals surface area (Å²) >= 11 is 0. The van der Waals surface area contributed by atoms with E-state index in [-0.39, 0.29) is 0 Å². The molecule has 0 aromatic heterocycles. The molecule has 0 aromatic rings. The van der Waals surface area contributed by atoms with Crippen LogP contribution in [0.3, 0.4) is 0 Å². The molecule has 0 radical (unpaired) electrons. The lowest BCUT2D eigenvalue weighted by Crippen LogP contribution is -2.56. The lowest BCUT2D eigenvalue weighted by Gasteiger charge is -2.49. The quantitative estimate of drug-likeness (QED) is 0.776. The Hall–Kier alpha value is -0.670. The molecule has 2 aliphatic heterocycles. The average Bonchev–Trinajstić information content (AvgIpc) is 2.92. The van der Waals surface area contributed by atoms with Crippen LogP contribution in [0, 0.1) is 16.7 Å². The Bertz CT molecular complexity index is 367. The summed E-state index contributed by atoms with van der Waals surface area (Å²) < 4.78 is 16.8. The second-order valence-corrected chi connectivity index (χ2v) is 5.99. The van der Waals surface area contributed by atoms with Crippen LogP contribution in [0.4, 0.5) is 0 Å². The molecule has 2 heterocycles. The minimum Gasteiger partial charge on any atom is -0.388 e. The second kappa shape index (κ2) is 4.71. The van der Waals surface area contributed by atoms with Crippen molar-refractivity contribution in [1.82, 2.24) is 0 Å². The van der Waals surface area contributed by atoms with E-state index >= 15 is 0 Å². The molecule has 3 rings (SSSR count). The van der Waals surface area contributed by atoms with Gasteiger partial charge in [0.15, 0.2) is 5.79 Å². The van der Waals surface area contributed by atoms with Crippen LogP contribution < -0.4 is 0 Å². The van der Waals surface area contributed by atoms with Gasteiger partial charge in [0, 0.05) is 19.4 Å². The molecule has 1 aliphatic carbocycles. The fraction of sp³-hybridized carbons (Fsp3) is 0.929. The standard InChI is InChI=1S/C14H21NO4/c15-10-12(2-1-7-17-11-12)13(16)3-5-14(6-4-13)18-8-9-19-14/h16H,1-9,11H2. The van der Waals surface area contributed by atoms with Gasteiger partial charge in [0.1, 0.15) is 5.41 Å². The summed E-state index contributed by atoms with van der Waals surface area (Å²) in [5, 5.41) is 20.5. The molecule has 1 unspecified atom stereocenters. The Morgan fingerprint density at radius 2 is 1.63 bits per heavy atom. The molecule has 1 atom stereocenters. The maximum Gasteiger partial charge on any atom is 0.168 e. The van der Waals surface area contributed by atoms with Gasteiger partial charge >= 0.3 is 0 Å². The van der Waals surface area contributed by atoms with E-state index in [2.05, 4.69) is 6.07 Å². The first-order valence-electron chi connectivity index (χ1n) is 7.13. The van der Waals surface area contributed by atoms with E-state index in [0.29, 0.717) is 58.5 Å². The predicted molar refractivity (Wildman–Crippen MR) is 66.2 cm³/mol. The summed E-state index contributed by atoms with van der Waals surface area (Å²) in [6.07, 6.45) is 3.97. The maximum absolute atomic E-state index is 11.0. The SMILES string of the molecule is N#CC1(C2(O)CCC3(CC2)OCCO3)CCCOC1. The monoisotopic (exact) mass is 267 g/mol. The lowest BCUT2D eigenvalue weighted by atomic mass is 9.62. The molecule has 5 heteroatoms. The molecular formula is C14H21NO4. The van der Waals surface area contributed by atoms with Crippen LogP contribution in [0.1, 0.15) is 38.5 Å². The van der Waals surface area contributed by atoms with Gasteiger partial charge in [-0.15, -0.1) is 0 Å². The van der Waals surface area contributed by atoms with Crippen molar-refractivity contribution in [2.75, 3.05) is 26.4 Å². The van der Waals surface area contributed by atoms with Gasteiger partial charge in [0.25, 0.3) is 0 Å². The molecule has 1 spiro atoms. The van der Waals surface area contributed by atoms with E-state index < -0.39 is 16.8 Å². The van der Waals surface area contributed by atoms with E-state index in [1.807, 2.05) is 0 Å². The number of aliphatic hydroxyl groups is 1. The van der Waals surface area contributed by atoms with Gasteiger partial charge in [-0.1, -0.05) is 0 Å². The minimum absolute atomic E-state index is 0.342. The zero-order valence-corrected chi connectivity index (χ0v) is 11.2. The second-order valence-electron chi connectivity index (χ2n) is 5.99. The third kappa shape index (κ3) is 2.07. The van der Waals surface area contributed by atoms with Crippen LogP contribution in [0.2, 0.25) is 0 Å². The molecule has 3 fully saturated rings. The van der Waals surface area contributed by atoms with Gasteiger partial charge < -0.3 is 19.3 Å². The Morgan fingerprint density at radius 3 is 2.16 bits per heavy atom. The van der Waals surface area contributed by atoms with Gasteiger partial charge in [-0.2, -0.15) is 5.26 Å². The number of rotatable bonds is 1. The van der Waals surface area contributed by atoms with Crippen molar-refractivity contribution in [2.45, 2.75) is 49.9 Å². The van der Waals surface area contributed by atoms with E-state index in [0.717, 1.165) is 6.42 Å². The molecule has 3 aliphatic rings. The molecule has 1 saturated carbocycles. The third-order valence-corrected chi connectivity index (χ3v) is 5.00. The topological polar surface area (TPSA) is 71.7 Å². The molecule has 106 valence electrons. The average molecular weight is 267 g/mol. The lowest BCUT2D eigenvalue weighted by molar-refractivity contribution is -0.225. The summed E-state index contributed by atoms with van der Waals surface area (Å²) in [6, 6.07) is 2.35. The van der Waals surface area contributed by atoms with Gasteiger partial charge in [0.05, 0.1) is 31.5 Å². The summed E-state index contributed by atoms with van der Waals surface area (Å²) in [7, 11) is 0. The highest BCUT2D eigenvalue weighted by molar-refractivity contribution is 5.14. The zero-order valence-electron chi connectivity index (χ0n) is 11.2. The van der Waals surface area contributed by atoms with Crippen molar-refractivity contribution in [3.63, 3.8) is 0 Å². The largest absolute Gasteiger partial charge is 0.388 e. The number of ether oxygens (including phenoxy) is 3. The molecule has 2 saturated heterocycles. The summed E-state index contributed by atoms with van der Waals surface area (Å²) in [5.74, 6) is -0.502. The minimum atomic E-state index is -0.970. The molecule has 1 N–H and O–H groups in total. The van der Waals surface area contributed by atoms with Crippen LogP contribution in [0.25, 0.3) is 0 Å². The van der Waals surface area contributed by atoms with Gasteiger partial charge in [-0.25, -0.2) is 0 Å². The molecular weight excluding hydrogens is 246 g/mol. The Labute approximate surface area is 113 Å². The van der Waals surface area contributed by atoms with Crippen molar-refractivity contribution >= 4 is 0 Å². The first kappa shape index (κ1) is 13.3. The van der Waals surface area contributed by atoms with Gasteiger partial charge in [0.2, 0.25) is 0 Å². The smallest absolute Gasteiger partial charge is 0.168 e. The van der Waals surface area contributed by atoms with Crippen molar-refractivity contribution in [2.24, 2.45) is 5.41 Å². The first-order chi connectivity index (χ1) is 9.14. The van der Waals surface area contributed by atoms with Gasteiger partial charge in [-0.05, 0) is 25.7 Å². The van der Waals surface area contributed by atoms with E-state index in [1.165, 1.54) is 0 Å². The summed E-state index contributed by atoms with van der Waals surface area (Å²) in [4.78, 5) is 0. The Balaban J connectivity index is 1.75. The number of nitrogens with zero attached hydrogens (tertiary/aromatic N) is 1. The fourth-order valence-electron chi connectivity index (χ4n) is 3.66. The van der Waals surface area contributed by atoms with Crippen LogP contribution in [-0.4, -0.2) is 42.9 Å².